The number of carbonyl (C=O) groups is 3. The summed E-state index contributed by atoms with van der Waals surface area (Å²) in [5, 5.41) is 9.79. The molecule has 1 fully saturated rings. The van der Waals surface area contributed by atoms with Crippen molar-refractivity contribution in [3.63, 3.8) is 0 Å². The highest BCUT2D eigenvalue weighted by Crippen LogP contribution is 2.60. The Morgan fingerprint density at radius 1 is 0.980 bits per heavy atom. The third-order valence-corrected chi connectivity index (χ3v) is 12.9. The van der Waals surface area contributed by atoms with Gasteiger partial charge in [-0.1, -0.05) is 83.5 Å². The Morgan fingerprint density at radius 2 is 1.62 bits per heavy atom. The Morgan fingerprint density at radius 3 is 2.24 bits per heavy atom. The standard InChI is InChI=1S/C39H41BrFN3O5Si/c1-27-37(50(2,3)41)35(23-36(47)42(20-21-45)24-28-10-6-4-7-11-28)49-39(27)33-22-30(40)16-19-34(33)43(38(39)48)25-29-14-17-32(18-15-29)44(26-46)31-12-8-5-9-13-31/h4-19,22,26-27,35,37,45H,20-21,23-25H2,1-3H3/t27-,35+,37-,39+/m0/s1. The fourth-order valence-corrected chi connectivity index (χ4v) is 10.6. The Kier molecular flexibility index (Phi) is 10.4. The molecule has 1 spiro atoms. The number of para-hydroxylation sites is 1. The molecule has 0 radical (unpaired) electrons. The number of hydrogen-bond donors (Lipinski definition) is 1. The van der Waals surface area contributed by atoms with Gasteiger partial charge in [-0.25, -0.2) is 0 Å². The van der Waals surface area contributed by atoms with Gasteiger partial charge in [0.25, 0.3) is 5.91 Å². The number of halogens is 2. The van der Waals surface area contributed by atoms with Crippen molar-refractivity contribution in [2.75, 3.05) is 23.0 Å². The summed E-state index contributed by atoms with van der Waals surface area (Å²) in [5.74, 6) is -1.12. The smallest absolute Gasteiger partial charge is 0.264 e. The van der Waals surface area contributed by atoms with Gasteiger partial charge >= 0.3 is 0 Å². The minimum atomic E-state index is -3.51. The number of rotatable bonds is 12. The van der Waals surface area contributed by atoms with Crippen LogP contribution in [0, 0.1) is 5.92 Å². The fourth-order valence-electron chi connectivity index (χ4n) is 7.70. The summed E-state index contributed by atoms with van der Waals surface area (Å²) in [5.41, 5.74) is 2.34. The molecule has 50 heavy (non-hydrogen) atoms. The minimum Gasteiger partial charge on any atom is -0.395 e. The molecule has 6 rings (SSSR count). The summed E-state index contributed by atoms with van der Waals surface area (Å²) in [6, 6.07) is 31.9. The number of amides is 3. The Hall–Kier alpha value is -4.16. The summed E-state index contributed by atoms with van der Waals surface area (Å²) < 4.78 is 24.0. The van der Waals surface area contributed by atoms with Crippen LogP contribution in [-0.4, -0.2) is 55.9 Å². The number of fused-ring (bicyclic) bond motifs is 2. The third-order valence-electron chi connectivity index (χ3n) is 9.93. The predicted octanol–water partition coefficient (Wildman–Crippen LogP) is 7.48. The molecule has 1 saturated heterocycles. The number of benzene rings is 4. The second-order valence-corrected chi connectivity index (χ2v) is 18.2. The highest BCUT2D eigenvalue weighted by Gasteiger charge is 2.67. The van der Waals surface area contributed by atoms with Crippen LogP contribution in [-0.2, 0) is 37.8 Å². The van der Waals surface area contributed by atoms with Crippen molar-refractivity contribution in [2.45, 2.75) is 56.8 Å². The van der Waals surface area contributed by atoms with E-state index in [1.165, 1.54) is 0 Å². The summed E-state index contributed by atoms with van der Waals surface area (Å²) in [6.07, 6.45) is -0.192. The lowest BCUT2D eigenvalue weighted by Gasteiger charge is -2.31. The van der Waals surface area contributed by atoms with Crippen molar-refractivity contribution in [1.82, 2.24) is 4.90 Å². The summed E-state index contributed by atoms with van der Waals surface area (Å²) in [7, 11) is -3.51. The van der Waals surface area contributed by atoms with E-state index in [4.69, 9.17) is 4.74 Å². The van der Waals surface area contributed by atoms with E-state index >= 15 is 4.11 Å². The molecule has 260 valence electrons. The maximum Gasteiger partial charge on any atom is 0.264 e. The van der Waals surface area contributed by atoms with Crippen LogP contribution in [0.25, 0.3) is 0 Å². The molecule has 2 aliphatic heterocycles. The van der Waals surface area contributed by atoms with E-state index in [1.807, 2.05) is 110 Å². The van der Waals surface area contributed by atoms with E-state index in [0.717, 1.165) is 27.7 Å². The average molecular weight is 759 g/mol. The Bertz CT molecular complexity index is 1840. The van der Waals surface area contributed by atoms with E-state index in [0.29, 0.717) is 23.5 Å². The quantitative estimate of drug-likeness (QED) is 0.0920. The normalized spacial score (nSPS) is 21.4. The molecule has 4 aromatic rings. The summed E-state index contributed by atoms with van der Waals surface area (Å²) >= 11 is 3.58. The number of anilines is 3. The average Bonchev–Trinajstić information content (AvgIpc) is 3.52. The molecule has 3 amide bonds. The predicted molar refractivity (Wildman–Crippen MR) is 198 cm³/mol. The van der Waals surface area contributed by atoms with Crippen molar-refractivity contribution in [3.05, 3.63) is 124 Å². The van der Waals surface area contributed by atoms with Crippen LogP contribution >= 0.6 is 15.9 Å². The highest BCUT2D eigenvalue weighted by atomic mass is 79.9. The molecule has 8 nitrogen and oxygen atoms in total. The summed E-state index contributed by atoms with van der Waals surface area (Å²) in [4.78, 5) is 45.4. The molecule has 4 aromatic carbocycles. The first-order valence-electron chi connectivity index (χ1n) is 16.8. The zero-order chi connectivity index (χ0) is 35.6. The monoisotopic (exact) mass is 757 g/mol. The van der Waals surface area contributed by atoms with Crippen LogP contribution in [0.3, 0.4) is 0 Å². The van der Waals surface area contributed by atoms with Gasteiger partial charge in [-0.3, -0.25) is 19.3 Å². The molecule has 2 heterocycles. The zero-order valence-electron chi connectivity index (χ0n) is 28.3. The van der Waals surface area contributed by atoms with Crippen LogP contribution in [0.15, 0.2) is 108 Å². The van der Waals surface area contributed by atoms with E-state index in [2.05, 4.69) is 15.9 Å². The summed E-state index contributed by atoms with van der Waals surface area (Å²) in [6.45, 7) is 5.53. The molecule has 0 saturated carbocycles. The SMILES string of the molecule is C[C@H]1[C@H]([Si](C)(C)F)[C@@H](CC(=O)N(CCO)Cc2ccccc2)O[C@]12C(=O)N(Cc1ccc(N(C=O)c3ccccc3)cc1)c1ccc(Br)cc12. The maximum absolute atomic E-state index is 16.4. The molecular formula is C39H41BrFN3O5Si. The fraction of sp³-hybridized carbons (Fsp3) is 0.308. The number of carbonyl (C=O) groups excluding carboxylic acids is 3. The lowest BCUT2D eigenvalue weighted by Crippen LogP contribution is -2.45. The second-order valence-electron chi connectivity index (χ2n) is 13.5. The highest BCUT2D eigenvalue weighted by molar-refractivity contribution is 9.10. The molecule has 2 aliphatic rings. The van der Waals surface area contributed by atoms with Gasteiger partial charge in [-0.05, 0) is 66.7 Å². The van der Waals surface area contributed by atoms with Crippen LogP contribution in [0.2, 0.25) is 18.6 Å². The number of aliphatic hydroxyl groups excluding tert-OH is 1. The Balaban J connectivity index is 1.30. The lowest BCUT2D eigenvalue weighted by molar-refractivity contribution is -0.150. The van der Waals surface area contributed by atoms with Crippen molar-refractivity contribution in [3.8, 4) is 0 Å². The minimum absolute atomic E-state index is 0.114. The first-order valence-corrected chi connectivity index (χ1v) is 20.5. The molecule has 1 N–H and O–H groups in total. The van der Waals surface area contributed by atoms with E-state index in [9.17, 15) is 19.5 Å². The van der Waals surface area contributed by atoms with Crippen molar-refractivity contribution in [2.24, 2.45) is 5.92 Å². The van der Waals surface area contributed by atoms with Crippen LogP contribution in [0.5, 0.6) is 0 Å². The molecule has 0 aliphatic carbocycles. The van der Waals surface area contributed by atoms with Crippen molar-refractivity contribution < 1.29 is 28.3 Å². The molecular weight excluding hydrogens is 717 g/mol. The molecule has 11 heteroatoms. The largest absolute Gasteiger partial charge is 0.395 e. The topological polar surface area (TPSA) is 90.4 Å². The first-order chi connectivity index (χ1) is 24.0. The molecule has 4 atom stereocenters. The van der Waals surface area contributed by atoms with Gasteiger partial charge in [0.2, 0.25) is 20.7 Å². The van der Waals surface area contributed by atoms with Gasteiger partial charge in [-0.2, -0.15) is 0 Å². The van der Waals surface area contributed by atoms with Gasteiger partial charge in [0.15, 0.2) is 5.60 Å². The number of hydrogen-bond acceptors (Lipinski definition) is 5. The number of ether oxygens (including phenoxy) is 1. The Labute approximate surface area is 301 Å². The molecule has 0 bridgehead atoms. The van der Waals surface area contributed by atoms with Crippen LogP contribution in [0.4, 0.5) is 21.2 Å². The van der Waals surface area contributed by atoms with Gasteiger partial charge in [0.1, 0.15) is 0 Å². The van der Waals surface area contributed by atoms with Gasteiger partial charge in [0.05, 0.1) is 31.4 Å². The van der Waals surface area contributed by atoms with Gasteiger partial charge in [0, 0.05) is 46.0 Å². The second kappa shape index (κ2) is 14.6. The first kappa shape index (κ1) is 35.7. The number of aliphatic hydroxyl groups is 1. The van der Waals surface area contributed by atoms with Crippen LogP contribution in [0.1, 0.15) is 30.0 Å². The number of nitrogens with zero attached hydrogens (tertiary/aromatic N) is 3. The zero-order valence-corrected chi connectivity index (χ0v) is 30.9. The third kappa shape index (κ3) is 6.79. The van der Waals surface area contributed by atoms with E-state index < -0.39 is 31.6 Å². The van der Waals surface area contributed by atoms with Gasteiger partial charge < -0.3 is 23.8 Å². The molecule has 0 aromatic heterocycles. The molecule has 0 unspecified atom stereocenters. The maximum atomic E-state index is 16.4. The van der Waals surface area contributed by atoms with Crippen molar-refractivity contribution >= 4 is 59.6 Å². The van der Waals surface area contributed by atoms with Gasteiger partial charge in [-0.15, -0.1) is 0 Å². The van der Waals surface area contributed by atoms with E-state index in [-0.39, 0.29) is 37.9 Å². The van der Waals surface area contributed by atoms with Crippen LogP contribution < -0.4 is 9.80 Å². The van der Waals surface area contributed by atoms with Crippen molar-refractivity contribution in [1.29, 1.82) is 0 Å². The lowest BCUT2D eigenvalue weighted by atomic mass is 9.82. The van der Waals surface area contributed by atoms with E-state index in [1.54, 1.807) is 27.8 Å².